The first kappa shape index (κ1) is 25.6. The molecule has 5 nitrogen and oxygen atoms in total. The minimum atomic E-state index is -4.32. The topological polar surface area (TPSA) is 66.8 Å². The Balaban J connectivity index is 2.22. The van der Waals surface area contributed by atoms with E-state index in [4.69, 9.17) is 4.74 Å². The minimum absolute atomic E-state index is 0.266. The van der Waals surface area contributed by atoms with Crippen LogP contribution < -0.4 is 9.64 Å². The van der Waals surface area contributed by atoms with Crippen LogP contribution in [0.5, 0.6) is 11.5 Å². The lowest BCUT2D eigenvalue weighted by Gasteiger charge is -2.38. The lowest BCUT2D eigenvalue weighted by atomic mass is 9.96. The van der Waals surface area contributed by atoms with E-state index < -0.39 is 15.5 Å². The number of hydrogen-bond donors (Lipinski definition) is 1. The van der Waals surface area contributed by atoms with Crippen LogP contribution in [0, 0.1) is 0 Å². The summed E-state index contributed by atoms with van der Waals surface area (Å²) in [6.07, 6.45) is 9.39. The van der Waals surface area contributed by atoms with Crippen molar-refractivity contribution in [3.05, 3.63) is 47.0 Å². The Kier molecular flexibility index (Phi) is 8.82. The van der Waals surface area contributed by atoms with Gasteiger partial charge in [-0.2, -0.15) is 8.42 Å². The lowest BCUT2D eigenvalue weighted by Crippen LogP contribution is -2.39. The maximum Gasteiger partial charge on any atom is 0.286 e. The summed E-state index contributed by atoms with van der Waals surface area (Å²) in [5.74, 6) is 1.32. The Morgan fingerprint density at radius 1 is 0.848 bits per heavy atom. The number of hydrogen-bond acceptors (Lipinski definition) is 4. The van der Waals surface area contributed by atoms with Gasteiger partial charge in [-0.05, 0) is 79.8 Å². The van der Waals surface area contributed by atoms with Crippen molar-refractivity contribution < 1.29 is 17.7 Å². The van der Waals surface area contributed by atoms with E-state index in [0.717, 1.165) is 80.3 Å². The zero-order valence-electron chi connectivity index (χ0n) is 20.6. The zero-order valence-corrected chi connectivity index (χ0v) is 21.4. The average molecular weight is 474 g/mol. The average Bonchev–Trinajstić information content (AvgIpc) is 2.78. The molecule has 182 valence electrons. The molecule has 0 saturated carbocycles. The van der Waals surface area contributed by atoms with Gasteiger partial charge in [0.2, 0.25) is 0 Å². The first-order valence-corrected chi connectivity index (χ1v) is 14.1. The summed E-state index contributed by atoms with van der Waals surface area (Å²) in [6.45, 7) is 8.30. The molecule has 6 heteroatoms. The van der Waals surface area contributed by atoms with Crippen molar-refractivity contribution in [2.45, 2.75) is 97.3 Å². The van der Waals surface area contributed by atoms with Gasteiger partial charge in [-0.1, -0.05) is 59.1 Å². The smallest absolute Gasteiger partial charge is 0.286 e. The highest BCUT2D eigenvalue weighted by Crippen LogP contribution is 2.51. The molecule has 0 aliphatic carbocycles. The summed E-state index contributed by atoms with van der Waals surface area (Å²) in [5.41, 5.74) is 4.96. The van der Waals surface area contributed by atoms with Crippen molar-refractivity contribution in [2.24, 2.45) is 0 Å². The number of unbranched alkanes of at least 4 members (excludes halogenated alkanes) is 3. The standard InChI is InChI=1S/C27H39NO4S/c1-5-9-12-20-15-16-24-23(18-20)28(26(8-4)33(29,30)31)27-22(14-11-7-3)17-21(13-10-6-2)19-25(27)32-24/h15-19,26H,5-14H2,1-4H3,(H,29,30,31). The van der Waals surface area contributed by atoms with Crippen LogP contribution in [0.4, 0.5) is 11.4 Å². The molecule has 0 radical (unpaired) electrons. The number of aryl methyl sites for hydroxylation is 3. The summed E-state index contributed by atoms with van der Waals surface area (Å²) in [5, 5.41) is -1.07. The van der Waals surface area contributed by atoms with Gasteiger partial charge in [0.1, 0.15) is 0 Å². The van der Waals surface area contributed by atoms with E-state index in [2.05, 4.69) is 39.0 Å². The number of rotatable bonds is 12. The summed E-state index contributed by atoms with van der Waals surface area (Å²) in [4.78, 5) is 1.83. The molecule has 1 N–H and O–H groups in total. The SMILES string of the molecule is CCCCc1cc(CCCC)c2c(c1)Oc1ccc(CCCC)cc1N2C(CC)S(=O)(=O)O. The third kappa shape index (κ3) is 5.90. The molecule has 1 aliphatic rings. The quantitative estimate of drug-likeness (QED) is 0.322. The minimum Gasteiger partial charge on any atom is -0.453 e. The molecule has 3 rings (SSSR count). The normalized spacial score (nSPS) is 13.9. The fourth-order valence-electron chi connectivity index (χ4n) is 4.60. The van der Waals surface area contributed by atoms with Gasteiger partial charge in [-0.3, -0.25) is 4.55 Å². The summed E-state index contributed by atoms with van der Waals surface area (Å²) in [7, 11) is -4.32. The molecular weight excluding hydrogens is 434 g/mol. The van der Waals surface area contributed by atoms with Crippen LogP contribution in [0.2, 0.25) is 0 Å². The van der Waals surface area contributed by atoms with Gasteiger partial charge in [0.25, 0.3) is 10.1 Å². The monoisotopic (exact) mass is 473 g/mol. The van der Waals surface area contributed by atoms with Crippen molar-refractivity contribution in [2.75, 3.05) is 4.90 Å². The van der Waals surface area contributed by atoms with E-state index in [1.165, 1.54) is 5.56 Å². The molecule has 0 aromatic heterocycles. The highest BCUT2D eigenvalue weighted by Gasteiger charge is 2.37. The fourth-order valence-corrected chi connectivity index (χ4v) is 5.51. The Labute approximate surface area is 199 Å². The second-order valence-electron chi connectivity index (χ2n) is 9.06. The van der Waals surface area contributed by atoms with E-state index >= 15 is 0 Å². The molecule has 1 atom stereocenters. The van der Waals surface area contributed by atoms with Crippen molar-refractivity contribution in [3.63, 3.8) is 0 Å². The molecule has 0 amide bonds. The Morgan fingerprint density at radius 2 is 1.48 bits per heavy atom. The second kappa shape index (κ2) is 11.4. The number of benzene rings is 2. The van der Waals surface area contributed by atoms with Gasteiger partial charge in [0.15, 0.2) is 16.9 Å². The third-order valence-corrected chi connectivity index (χ3v) is 7.61. The molecule has 33 heavy (non-hydrogen) atoms. The van der Waals surface area contributed by atoms with E-state index in [1.807, 2.05) is 17.0 Å². The van der Waals surface area contributed by atoms with Gasteiger partial charge < -0.3 is 9.64 Å². The summed E-state index contributed by atoms with van der Waals surface area (Å²) in [6, 6.07) is 10.3. The third-order valence-electron chi connectivity index (χ3n) is 6.38. The van der Waals surface area contributed by atoms with Crippen LogP contribution in [0.3, 0.4) is 0 Å². The predicted octanol–water partition coefficient (Wildman–Crippen LogP) is 7.58. The maximum absolute atomic E-state index is 12.5. The Bertz CT molecular complexity index is 1050. The molecule has 0 spiro atoms. The van der Waals surface area contributed by atoms with Crippen LogP contribution in [-0.2, 0) is 29.4 Å². The molecule has 0 saturated heterocycles. The van der Waals surface area contributed by atoms with Crippen molar-refractivity contribution >= 4 is 21.5 Å². The van der Waals surface area contributed by atoms with Gasteiger partial charge in [-0.15, -0.1) is 0 Å². The van der Waals surface area contributed by atoms with Crippen LogP contribution in [0.25, 0.3) is 0 Å². The van der Waals surface area contributed by atoms with Crippen LogP contribution in [0.15, 0.2) is 30.3 Å². The molecule has 2 aromatic rings. The largest absolute Gasteiger partial charge is 0.453 e. The Hall–Kier alpha value is -2.05. The zero-order chi connectivity index (χ0) is 24.0. The van der Waals surface area contributed by atoms with Crippen LogP contribution in [0.1, 0.15) is 89.3 Å². The van der Waals surface area contributed by atoms with Crippen LogP contribution >= 0.6 is 0 Å². The Morgan fingerprint density at radius 3 is 2.09 bits per heavy atom. The lowest BCUT2D eigenvalue weighted by molar-refractivity contribution is 0.450. The number of ether oxygens (including phenoxy) is 1. The highest BCUT2D eigenvalue weighted by molar-refractivity contribution is 7.86. The summed E-state index contributed by atoms with van der Waals surface area (Å²) < 4.78 is 41.7. The molecule has 1 heterocycles. The summed E-state index contributed by atoms with van der Waals surface area (Å²) >= 11 is 0. The van der Waals surface area contributed by atoms with E-state index in [-0.39, 0.29) is 6.42 Å². The predicted molar refractivity (Wildman–Crippen MR) is 137 cm³/mol. The van der Waals surface area contributed by atoms with Crippen molar-refractivity contribution in [3.8, 4) is 11.5 Å². The first-order chi connectivity index (χ1) is 15.8. The number of nitrogens with zero attached hydrogens (tertiary/aromatic N) is 1. The number of anilines is 2. The van der Waals surface area contributed by atoms with Gasteiger partial charge in [-0.25, -0.2) is 0 Å². The van der Waals surface area contributed by atoms with E-state index in [0.29, 0.717) is 11.5 Å². The molecule has 1 unspecified atom stereocenters. The van der Waals surface area contributed by atoms with E-state index in [1.54, 1.807) is 6.92 Å². The van der Waals surface area contributed by atoms with Gasteiger partial charge in [0, 0.05) is 0 Å². The maximum atomic E-state index is 12.5. The van der Waals surface area contributed by atoms with Gasteiger partial charge >= 0.3 is 0 Å². The van der Waals surface area contributed by atoms with Crippen molar-refractivity contribution in [1.29, 1.82) is 0 Å². The van der Waals surface area contributed by atoms with Crippen molar-refractivity contribution in [1.82, 2.24) is 0 Å². The van der Waals surface area contributed by atoms with Crippen LogP contribution in [-0.4, -0.2) is 18.3 Å². The molecule has 0 fully saturated rings. The second-order valence-corrected chi connectivity index (χ2v) is 10.6. The highest BCUT2D eigenvalue weighted by atomic mass is 32.2. The molecule has 0 bridgehead atoms. The van der Waals surface area contributed by atoms with Gasteiger partial charge in [0.05, 0.1) is 11.4 Å². The first-order valence-electron chi connectivity index (χ1n) is 12.6. The molecule has 1 aliphatic heterocycles. The molecule has 2 aromatic carbocycles. The number of fused-ring (bicyclic) bond motifs is 2. The fraction of sp³-hybridized carbons (Fsp3) is 0.556. The molecular formula is C27H39NO4S. The van der Waals surface area contributed by atoms with E-state index in [9.17, 15) is 13.0 Å².